The van der Waals surface area contributed by atoms with Crippen molar-refractivity contribution in [1.29, 1.82) is 0 Å². The highest BCUT2D eigenvalue weighted by atomic mass is 32.1. The Kier molecular flexibility index (Phi) is 6.03. The van der Waals surface area contributed by atoms with Gasteiger partial charge in [0.05, 0.1) is 5.56 Å². The van der Waals surface area contributed by atoms with Crippen molar-refractivity contribution in [3.8, 4) is 0 Å². The highest BCUT2D eigenvalue weighted by molar-refractivity contribution is 7.11. The van der Waals surface area contributed by atoms with E-state index in [4.69, 9.17) is 0 Å². The van der Waals surface area contributed by atoms with Gasteiger partial charge in [0.25, 0.3) is 0 Å². The van der Waals surface area contributed by atoms with Crippen LogP contribution in [0.1, 0.15) is 27.8 Å². The van der Waals surface area contributed by atoms with Crippen LogP contribution in [0.25, 0.3) is 0 Å². The Morgan fingerprint density at radius 2 is 1.79 bits per heavy atom. The molecule has 0 radical (unpaired) electrons. The van der Waals surface area contributed by atoms with Gasteiger partial charge in [0.15, 0.2) is 0 Å². The van der Waals surface area contributed by atoms with Gasteiger partial charge in [-0.25, -0.2) is 0 Å². The Morgan fingerprint density at radius 3 is 2.36 bits per heavy atom. The normalized spacial score (nSPS) is 16.4. The Morgan fingerprint density at radius 1 is 1.11 bits per heavy atom. The number of hydrogen-bond donors (Lipinski definition) is 0. The van der Waals surface area contributed by atoms with Gasteiger partial charge in [-0.05, 0) is 50.1 Å². The zero-order valence-corrected chi connectivity index (χ0v) is 17.2. The summed E-state index contributed by atoms with van der Waals surface area (Å²) >= 11 is 1.71. The summed E-state index contributed by atoms with van der Waals surface area (Å²) in [6, 6.07) is 7.98. The van der Waals surface area contributed by atoms with Gasteiger partial charge in [-0.1, -0.05) is 13.0 Å². The van der Waals surface area contributed by atoms with Gasteiger partial charge in [0.1, 0.15) is 0 Å². The van der Waals surface area contributed by atoms with Crippen molar-refractivity contribution in [2.45, 2.75) is 33.4 Å². The largest absolute Gasteiger partial charge is 0.416 e. The number of carbonyl (C=O) groups excluding carboxylic acids is 1. The van der Waals surface area contributed by atoms with Crippen LogP contribution < -0.4 is 4.90 Å². The van der Waals surface area contributed by atoms with E-state index in [9.17, 15) is 18.0 Å². The lowest BCUT2D eigenvalue weighted by Gasteiger charge is -2.38. The van der Waals surface area contributed by atoms with E-state index >= 15 is 0 Å². The topological polar surface area (TPSA) is 23.6 Å². The second-order valence-electron chi connectivity index (χ2n) is 7.43. The zero-order valence-electron chi connectivity index (χ0n) is 16.3. The molecule has 1 aliphatic rings. The molecule has 0 bridgehead atoms. The number of piperazine rings is 1. The molecule has 1 unspecified atom stereocenters. The SMILES string of the molecule is Cc1ccc(CC(C)C(=O)N2CCN(c3cc(C(F)(F)F)ccc3C)CC2)s1. The van der Waals surface area contributed by atoms with Crippen molar-refractivity contribution in [1.82, 2.24) is 4.90 Å². The Bertz CT molecular complexity index is 838. The number of hydrogen-bond acceptors (Lipinski definition) is 3. The molecule has 1 aromatic carbocycles. The first-order valence-electron chi connectivity index (χ1n) is 9.42. The maximum absolute atomic E-state index is 13.0. The predicted octanol–water partition coefficient (Wildman–Crippen LogP) is 4.91. The molecule has 1 aliphatic heterocycles. The van der Waals surface area contributed by atoms with Crippen LogP contribution in [0.15, 0.2) is 30.3 Å². The van der Waals surface area contributed by atoms with Gasteiger partial charge in [0.2, 0.25) is 5.91 Å². The summed E-state index contributed by atoms with van der Waals surface area (Å²) in [7, 11) is 0. The maximum Gasteiger partial charge on any atom is 0.416 e. The lowest BCUT2D eigenvalue weighted by molar-refractivity contribution is -0.137. The highest BCUT2D eigenvalue weighted by Gasteiger charge is 2.32. The molecule has 1 saturated heterocycles. The molecule has 1 atom stereocenters. The predicted molar refractivity (Wildman–Crippen MR) is 107 cm³/mol. The minimum Gasteiger partial charge on any atom is -0.368 e. The number of aryl methyl sites for hydroxylation is 2. The Hall–Kier alpha value is -2.02. The molecule has 152 valence electrons. The van der Waals surface area contributed by atoms with Gasteiger partial charge in [-0.15, -0.1) is 11.3 Å². The van der Waals surface area contributed by atoms with E-state index in [1.165, 1.54) is 21.9 Å². The zero-order chi connectivity index (χ0) is 20.5. The lowest BCUT2D eigenvalue weighted by Crippen LogP contribution is -2.50. The number of anilines is 1. The third-order valence-electron chi connectivity index (χ3n) is 5.19. The second-order valence-corrected chi connectivity index (χ2v) is 8.80. The fraction of sp³-hybridized carbons (Fsp3) is 0.476. The van der Waals surface area contributed by atoms with E-state index in [1.807, 2.05) is 23.6 Å². The summed E-state index contributed by atoms with van der Waals surface area (Å²) in [5, 5.41) is 0. The number of nitrogens with zero attached hydrogens (tertiary/aromatic N) is 2. The number of benzene rings is 1. The van der Waals surface area contributed by atoms with Crippen LogP contribution in [-0.4, -0.2) is 37.0 Å². The average molecular weight is 411 g/mol. The minimum atomic E-state index is -4.35. The van der Waals surface area contributed by atoms with Gasteiger partial charge in [-0.2, -0.15) is 13.2 Å². The molecule has 0 spiro atoms. The fourth-order valence-electron chi connectivity index (χ4n) is 3.59. The summed E-state index contributed by atoms with van der Waals surface area (Å²) in [4.78, 5) is 19.0. The third kappa shape index (κ3) is 4.69. The summed E-state index contributed by atoms with van der Waals surface area (Å²) in [6.07, 6.45) is -3.62. The quantitative estimate of drug-likeness (QED) is 0.715. The second kappa shape index (κ2) is 8.15. The van der Waals surface area contributed by atoms with Crippen LogP contribution in [0.2, 0.25) is 0 Å². The molecule has 2 aromatic rings. The first kappa shape index (κ1) is 20.7. The van der Waals surface area contributed by atoms with Crippen molar-refractivity contribution in [2.75, 3.05) is 31.1 Å². The van der Waals surface area contributed by atoms with Crippen molar-refractivity contribution in [2.24, 2.45) is 5.92 Å². The average Bonchev–Trinajstić information content (AvgIpc) is 3.05. The van der Waals surface area contributed by atoms with Crippen molar-refractivity contribution >= 4 is 22.9 Å². The minimum absolute atomic E-state index is 0.0973. The summed E-state index contributed by atoms with van der Waals surface area (Å²) < 4.78 is 39.1. The van der Waals surface area contributed by atoms with Crippen LogP contribution in [0.4, 0.5) is 18.9 Å². The van der Waals surface area contributed by atoms with E-state index < -0.39 is 11.7 Å². The van der Waals surface area contributed by atoms with Crippen molar-refractivity contribution in [3.05, 3.63) is 51.2 Å². The van der Waals surface area contributed by atoms with Gasteiger partial charge < -0.3 is 9.80 Å². The molecule has 0 saturated carbocycles. The number of halogens is 3. The molecule has 7 heteroatoms. The number of thiophene rings is 1. The van der Waals surface area contributed by atoms with Crippen molar-refractivity contribution < 1.29 is 18.0 Å². The van der Waals surface area contributed by atoms with Crippen LogP contribution in [-0.2, 0) is 17.4 Å². The lowest BCUT2D eigenvalue weighted by atomic mass is 10.0. The van der Waals surface area contributed by atoms with Gasteiger partial charge in [0, 0.05) is 47.5 Å². The molecule has 2 heterocycles. The van der Waals surface area contributed by atoms with Crippen LogP contribution in [0, 0.1) is 19.8 Å². The molecular formula is C21H25F3N2OS. The first-order chi connectivity index (χ1) is 13.1. The molecule has 0 N–H and O–H groups in total. The molecule has 1 aromatic heterocycles. The number of rotatable bonds is 4. The molecule has 3 nitrogen and oxygen atoms in total. The molecule has 1 fully saturated rings. The highest BCUT2D eigenvalue weighted by Crippen LogP contribution is 2.33. The molecule has 28 heavy (non-hydrogen) atoms. The van der Waals surface area contributed by atoms with E-state index in [2.05, 4.69) is 19.1 Å². The van der Waals surface area contributed by atoms with E-state index in [-0.39, 0.29) is 11.8 Å². The van der Waals surface area contributed by atoms with Gasteiger partial charge >= 0.3 is 6.18 Å². The summed E-state index contributed by atoms with van der Waals surface area (Å²) in [5.74, 6) is 0.0198. The third-order valence-corrected chi connectivity index (χ3v) is 6.22. The monoisotopic (exact) mass is 410 g/mol. The van der Waals surface area contributed by atoms with Crippen LogP contribution in [0.5, 0.6) is 0 Å². The Labute approximate surface area is 167 Å². The molecule has 1 amide bonds. The standard InChI is InChI=1S/C21H25F3N2OS/c1-14-4-6-17(21(22,23)24)13-19(14)25-8-10-26(11-9-25)20(27)15(2)12-18-7-5-16(3)28-18/h4-7,13,15H,8-12H2,1-3H3. The van der Waals surface area contributed by atoms with Crippen LogP contribution in [0.3, 0.4) is 0 Å². The fourth-order valence-corrected chi connectivity index (χ4v) is 4.61. The molecule has 0 aliphatic carbocycles. The number of alkyl halides is 3. The number of amides is 1. The maximum atomic E-state index is 13.0. The number of carbonyl (C=O) groups is 1. The van der Waals surface area contributed by atoms with Crippen LogP contribution >= 0.6 is 11.3 Å². The molecule has 3 rings (SSSR count). The molecular weight excluding hydrogens is 385 g/mol. The van der Waals surface area contributed by atoms with E-state index in [1.54, 1.807) is 11.3 Å². The van der Waals surface area contributed by atoms with Crippen molar-refractivity contribution in [3.63, 3.8) is 0 Å². The van der Waals surface area contributed by atoms with E-state index in [0.717, 1.165) is 18.1 Å². The Balaban J connectivity index is 1.62. The van der Waals surface area contributed by atoms with E-state index in [0.29, 0.717) is 31.9 Å². The first-order valence-corrected chi connectivity index (χ1v) is 10.2. The van der Waals surface area contributed by atoms with Gasteiger partial charge in [-0.3, -0.25) is 4.79 Å². The smallest absolute Gasteiger partial charge is 0.368 e. The summed E-state index contributed by atoms with van der Waals surface area (Å²) in [6.45, 7) is 7.95. The summed E-state index contributed by atoms with van der Waals surface area (Å²) in [5.41, 5.74) is 0.782.